The van der Waals surface area contributed by atoms with Gasteiger partial charge in [-0.2, -0.15) is 0 Å². The standard InChI is InChI=1S/C16H34N2O/c1-4-5-6-9-12-18-13-15(3)16(19)14(2)10-7-8-11-17/h9,12,14-16,18-19H,4-8,10-11,13,17H2,1-3H3/b12-9+. The molecular weight excluding hydrogens is 236 g/mol. The maximum atomic E-state index is 10.2. The van der Waals surface area contributed by atoms with Gasteiger partial charge in [-0.05, 0) is 43.8 Å². The number of aliphatic hydroxyl groups is 1. The summed E-state index contributed by atoms with van der Waals surface area (Å²) in [5.41, 5.74) is 5.49. The fourth-order valence-corrected chi connectivity index (χ4v) is 2.21. The van der Waals surface area contributed by atoms with Gasteiger partial charge in [0.2, 0.25) is 0 Å². The fourth-order valence-electron chi connectivity index (χ4n) is 2.21. The van der Waals surface area contributed by atoms with Crippen molar-refractivity contribution in [2.75, 3.05) is 13.1 Å². The lowest BCUT2D eigenvalue weighted by molar-refractivity contribution is 0.0613. The summed E-state index contributed by atoms with van der Waals surface area (Å²) in [6.45, 7) is 8.03. The topological polar surface area (TPSA) is 58.3 Å². The summed E-state index contributed by atoms with van der Waals surface area (Å²) in [6.07, 6.45) is 10.8. The molecule has 0 aromatic rings. The molecule has 0 aliphatic carbocycles. The predicted molar refractivity (Wildman–Crippen MR) is 83.9 cm³/mol. The summed E-state index contributed by atoms with van der Waals surface area (Å²) in [5.74, 6) is 0.635. The second-order valence-corrected chi connectivity index (χ2v) is 5.68. The number of nitrogens with one attached hydrogen (secondary N) is 1. The zero-order chi connectivity index (χ0) is 14.5. The average molecular weight is 270 g/mol. The summed E-state index contributed by atoms with van der Waals surface area (Å²) in [6, 6.07) is 0. The molecule has 0 aromatic heterocycles. The van der Waals surface area contributed by atoms with Gasteiger partial charge in [0.15, 0.2) is 0 Å². The lowest BCUT2D eigenvalue weighted by atomic mass is 9.89. The highest BCUT2D eigenvalue weighted by atomic mass is 16.3. The van der Waals surface area contributed by atoms with Gasteiger partial charge in [0.25, 0.3) is 0 Å². The summed E-state index contributed by atoms with van der Waals surface area (Å²) in [5, 5.41) is 13.5. The van der Waals surface area contributed by atoms with Gasteiger partial charge in [-0.1, -0.05) is 46.1 Å². The van der Waals surface area contributed by atoms with E-state index in [4.69, 9.17) is 5.73 Å². The van der Waals surface area contributed by atoms with Crippen molar-refractivity contribution < 1.29 is 5.11 Å². The van der Waals surface area contributed by atoms with Crippen molar-refractivity contribution in [2.45, 2.75) is 65.4 Å². The maximum absolute atomic E-state index is 10.2. The van der Waals surface area contributed by atoms with Crippen molar-refractivity contribution in [1.82, 2.24) is 5.32 Å². The first-order chi connectivity index (χ1) is 9.13. The molecule has 4 N–H and O–H groups in total. The van der Waals surface area contributed by atoms with Crippen LogP contribution in [-0.2, 0) is 0 Å². The van der Waals surface area contributed by atoms with E-state index in [2.05, 4.69) is 32.2 Å². The van der Waals surface area contributed by atoms with E-state index in [0.717, 1.165) is 38.8 Å². The lowest BCUT2D eigenvalue weighted by Crippen LogP contribution is -2.32. The molecule has 3 atom stereocenters. The van der Waals surface area contributed by atoms with E-state index in [1.807, 2.05) is 6.20 Å². The quantitative estimate of drug-likeness (QED) is 0.478. The van der Waals surface area contributed by atoms with Gasteiger partial charge in [0.05, 0.1) is 6.10 Å². The molecule has 0 spiro atoms. The van der Waals surface area contributed by atoms with E-state index in [9.17, 15) is 5.11 Å². The average Bonchev–Trinajstić information content (AvgIpc) is 2.41. The van der Waals surface area contributed by atoms with Crippen molar-refractivity contribution in [2.24, 2.45) is 17.6 Å². The normalized spacial score (nSPS) is 16.5. The molecule has 0 amide bonds. The molecule has 3 unspecified atom stereocenters. The van der Waals surface area contributed by atoms with E-state index in [-0.39, 0.29) is 12.0 Å². The summed E-state index contributed by atoms with van der Waals surface area (Å²) < 4.78 is 0. The van der Waals surface area contributed by atoms with Crippen LogP contribution in [0.25, 0.3) is 0 Å². The molecule has 0 radical (unpaired) electrons. The molecule has 0 aliphatic rings. The minimum atomic E-state index is -0.227. The molecule has 3 heteroatoms. The highest BCUT2D eigenvalue weighted by Crippen LogP contribution is 2.18. The molecule has 0 saturated carbocycles. The molecule has 0 bridgehead atoms. The SMILES string of the molecule is CCCC/C=C/NCC(C)C(O)C(C)CCCCN. The summed E-state index contributed by atoms with van der Waals surface area (Å²) >= 11 is 0. The molecule has 19 heavy (non-hydrogen) atoms. The predicted octanol–water partition coefficient (Wildman–Crippen LogP) is 3.04. The number of nitrogens with two attached hydrogens (primary N) is 1. The third-order valence-corrected chi connectivity index (χ3v) is 3.68. The minimum Gasteiger partial charge on any atom is -0.393 e. The zero-order valence-electron chi connectivity index (χ0n) is 13.1. The Morgan fingerprint density at radius 1 is 1.16 bits per heavy atom. The third kappa shape index (κ3) is 9.97. The Bertz CT molecular complexity index is 219. The fraction of sp³-hybridized carbons (Fsp3) is 0.875. The van der Waals surface area contributed by atoms with E-state index in [0.29, 0.717) is 5.92 Å². The number of unbranched alkanes of at least 4 members (excludes halogenated alkanes) is 3. The maximum Gasteiger partial charge on any atom is 0.0608 e. The van der Waals surface area contributed by atoms with Crippen LogP contribution in [0.3, 0.4) is 0 Å². The van der Waals surface area contributed by atoms with Crippen LogP contribution < -0.4 is 11.1 Å². The van der Waals surface area contributed by atoms with Crippen LogP contribution in [0.4, 0.5) is 0 Å². The summed E-state index contributed by atoms with van der Waals surface area (Å²) in [4.78, 5) is 0. The van der Waals surface area contributed by atoms with Crippen LogP contribution in [0.15, 0.2) is 12.3 Å². The smallest absolute Gasteiger partial charge is 0.0608 e. The van der Waals surface area contributed by atoms with Gasteiger partial charge in [0.1, 0.15) is 0 Å². The highest BCUT2D eigenvalue weighted by Gasteiger charge is 2.20. The Morgan fingerprint density at radius 3 is 2.53 bits per heavy atom. The first kappa shape index (κ1) is 18.5. The molecular formula is C16H34N2O. The summed E-state index contributed by atoms with van der Waals surface area (Å²) in [7, 11) is 0. The second kappa shape index (κ2) is 12.5. The van der Waals surface area contributed by atoms with Crippen LogP contribution in [0.5, 0.6) is 0 Å². The van der Waals surface area contributed by atoms with Gasteiger partial charge in [-0.15, -0.1) is 0 Å². The Kier molecular flexibility index (Phi) is 12.1. The molecule has 0 fully saturated rings. The van der Waals surface area contributed by atoms with Crippen molar-refractivity contribution in [1.29, 1.82) is 0 Å². The van der Waals surface area contributed by atoms with Gasteiger partial charge in [-0.25, -0.2) is 0 Å². The van der Waals surface area contributed by atoms with Crippen LogP contribution >= 0.6 is 0 Å². The van der Waals surface area contributed by atoms with Crippen LogP contribution in [0.1, 0.15) is 59.3 Å². The van der Waals surface area contributed by atoms with Crippen molar-refractivity contribution in [3.05, 3.63) is 12.3 Å². The molecule has 0 aromatic carbocycles. The number of hydrogen-bond donors (Lipinski definition) is 3. The van der Waals surface area contributed by atoms with Gasteiger partial charge in [-0.3, -0.25) is 0 Å². The molecule has 0 aliphatic heterocycles. The first-order valence-electron chi connectivity index (χ1n) is 7.90. The Balaban J connectivity index is 3.73. The molecule has 0 rings (SSSR count). The van der Waals surface area contributed by atoms with Crippen molar-refractivity contribution >= 4 is 0 Å². The van der Waals surface area contributed by atoms with Crippen molar-refractivity contribution in [3.8, 4) is 0 Å². The van der Waals surface area contributed by atoms with Gasteiger partial charge >= 0.3 is 0 Å². The minimum absolute atomic E-state index is 0.227. The zero-order valence-corrected chi connectivity index (χ0v) is 13.1. The highest BCUT2D eigenvalue weighted by molar-refractivity contribution is 4.81. The Morgan fingerprint density at radius 2 is 1.89 bits per heavy atom. The number of allylic oxidation sites excluding steroid dienone is 1. The van der Waals surface area contributed by atoms with Crippen LogP contribution in [0, 0.1) is 11.8 Å². The Labute approximate surface area is 119 Å². The second-order valence-electron chi connectivity index (χ2n) is 5.68. The monoisotopic (exact) mass is 270 g/mol. The van der Waals surface area contributed by atoms with E-state index >= 15 is 0 Å². The van der Waals surface area contributed by atoms with Crippen molar-refractivity contribution in [3.63, 3.8) is 0 Å². The van der Waals surface area contributed by atoms with Crippen LogP contribution in [0.2, 0.25) is 0 Å². The van der Waals surface area contributed by atoms with Gasteiger partial charge < -0.3 is 16.2 Å². The number of aliphatic hydroxyl groups excluding tert-OH is 1. The molecule has 0 saturated heterocycles. The molecule has 0 heterocycles. The largest absolute Gasteiger partial charge is 0.393 e. The molecule has 3 nitrogen and oxygen atoms in total. The van der Waals surface area contributed by atoms with Crippen LogP contribution in [-0.4, -0.2) is 24.3 Å². The third-order valence-electron chi connectivity index (χ3n) is 3.68. The van der Waals surface area contributed by atoms with Gasteiger partial charge in [0, 0.05) is 6.54 Å². The molecule has 114 valence electrons. The van der Waals surface area contributed by atoms with E-state index in [1.54, 1.807) is 0 Å². The van der Waals surface area contributed by atoms with E-state index < -0.39 is 0 Å². The van der Waals surface area contributed by atoms with E-state index in [1.165, 1.54) is 12.8 Å². The number of rotatable bonds is 12. The lowest BCUT2D eigenvalue weighted by Gasteiger charge is -2.25. The first-order valence-corrected chi connectivity index (χ1v) is 7.90. The number of hydrogen-bond acceptors (Lipinski definition) is 3. The Hall–Kier alpha value is -0.540.